The van der Waals surface area contributed by atoms with Crippen LogP contribution in [0.15, 0.2) is 192 Å². The molecule has 286 valence electrons. The van der Waals surface area contributed by atoms with Crippen molar-refractivity contribution in [3.63, 3.8) is 0 Å². The molecule has 0 aliphatic heterocycles. The van der Waals surface area contributed by atoms with Gasteiger partial charge in [-0.05, 0) is 97.5 Å². The topological polar surface area (TPSA) is 18.1 Å². The summed E-state index contributed by atoms with van der Waals surface area (Å²) in [7, 11) is -2.78. The van der Waals surface area contributed by atoms with Crippen molar-refractivity contribution in [1.82, 2.24) is 4.57 Å². The average molecular weight is 778 g/mol. The fourth-order valence-corrected chi connectivity index (χ4v) is 15.2. The van der Waals surface area contributed by atoms with Gasteiger partial charge in [0.05, 0.1) is 11.0 Å². The highest BCUT2D eigenvalue weighted by Crippen LogP contribution is 2.45. The second-order valence-electron chi connectivity index (χ2n) is 17.9. The lowest BCUT2D eigenvalue weighted by Gasteiger charge is -2.43. The fourth-order valence-electron chi connectivity index (χ4n) is 10.5. The molecular formula is C56H47NOSi. The van der Waals surface area contributed by atoms with Crippen LogP contribution in [0.4, 0.5) is 0 Å². The summed E-state index contributed by atoms with van der Waals surface area (Å²) in [4.78, 5) is 0. The molecular weight excluding hydrogens is 731 g/mol. The van der Waals surface area contributed by atoms with Crippen molar-refractivity contribution < 1.29 is 4.42 Å². The van der Waals surface area contributed by atoms with Crippen molar-refractivity contribution in [2.24, 2.45) is 0 Å². The summed E-state index contributed by atoms with van der Waals surface area (Å²) in [6.07, 6.45) is 2.39. The second-order valence-corrected chi connectivity index (χ2v) is 21.7. The number of aromatic nitrogens is 1. The van der Waals surface area contributed by atoms with E-state index in [1.807, 2.05) is 6.07 Å². The van der Waals surface area contributed by atoms with Gasteiger partial charge < -0.3 is 8.98 Å². The summed E-state index contributed by atoms with van der Waals surface area (Å²) in [5.41, 5.74) is 10.9. The Morgan fingerprint density at radius 3 is 1.75 bits per heavy atom. The molecule has 59 heavy (non-hydrogen) atoms. The predicted molar refractivity (Wildman–Crippen MR) is 252 cm³/mol. The second kappa shape index (κ2) is 13.3. The number of fused-ring (bicyclic) bond motifs is 7. The molecule has 8 aromatic carbocycles. The van der Waals surface area contributed by atoms with Gasteiger partial charge in [-0.1, -0.05) is 179 Å². The van der Waals surface area contributed by atoms with Crippen molar-refractivity contribution in [3.05, 3.63) is 199 Å². The van der Waals surface area contributed by atoms with Crippen LogP contribution >= 0.6 is 0 Å². The van der Waals surface area contributed by atoms with Gasteiger partial charge in [-0.15, -0.1) is 0 Å². The lowest BCUT2D eigenvalue weighted by Crippen LogP contribution is -2.74. The molecule has 0 saturated heterocycles. The molecule has 0 unspecified atom stereocenters. The Labute approximate surface area is 347 Å². The molecule has 3 heteroatoms. The highest BCUT2D eigenvalue weighted by Gasteiger charge is 2.44. The first-order valence-electron chi connectivity index (χ1n) is 21.1. The van der Waals surface area contributed by atoms with Gasteiger partial charge >= 0.3 is 0 Å². The van der Waals surface area contributed by atoms with Crippen LogP contribution in [-0.2, 0) is 10.8 Å². The van der Waals surface area contributed by atoms with Gasteiger partial charge in [0.15, 0.2) is 8.07 Å². The van der Waals surface area contributed by atoms with Crippen molar-refractivity contribution in [2.45, 2.75) is 51.4 Å². The smallest absolute Gasteiger partial charge is 0.179 e. The van der Waals surface area contributed by atoms with Crippen LogP contribution in [0.3, 0.4) is 0 Å². The molecule has 0 saturated carbocycles. The fraction of sp³-hybridized carbons (Fsp3) is 0.143. The maximum atomic E-state index is 6.49. The Morgan fingerprint density at radius 1 is 0.441 bits per heavy atom. The summed E-state index contributed by atoms with van der Waals surface area (Å²) in [6, 6.07) is 70.4. The first kappa shape index (κ1) is 35.7. The van der Waals surface area contributed by atoms with Crippen molar-refractivity contribution in [3.8, 4) is 16.8 Å². The van der Waals surface area contributed by atoms with Gasteiger partial charge in [-0.25, -0.2) is 0 Å². The molecule has 0 fully saturated rings. The Hall–Kier alpha value is -6.42. The molecule has 1 aliphatic carbocycles. The molecule has 2 nitrogen and oxygen atoms in total. The minimum atomic E-state index is -2.78. The molecule has 11 rings (SSSR count). The Morgan fingerprint density at radius 2 is 1.02 bits per heavy atom. The van der Waals surface area contributed by atoms with Crippen molar-refractivity contribution in [2.75, 3.05) is 0 Å². The monoisotopic (exact) mass is 777 g/mol. The largest absolute Gasteiger partial charge is 0.455 e. The van der Waals surface area contributed by atoms with E-state index in [0.29, 0.717) is 0 Å². The minimum absolute atomic E-state index is 0.104. The van der Waals surface area contributed by atoms with E-state index in [1.54, 1.807) is 0 Å². The van der Waals surface area contributed by atoms with Crippen molar-refractivity contribution >= 4 is 72.6 Å². The molecule has 0 bridgehead atoms. The van der Waals surface area contributed by atoms with E-state index in [-0.39, 0.29) is 10.8 Å². The van der Waals surface area contributed by atoms with E-state index in [2.05, 4.69) is 214 Å². The lowest BCUT2D eigenvalue weighted by molar-refractivity contribution is 0.332. The van der Waals surface area contributed by atoms with E-state index in [1.165, 1.54) is 66.5 Å². The average Bonchev–Trinajstić information content (AvgIpc) is 3.82. The van der Waals surface area contributed by atoms with Gasteiger partial charge in [0, 0.05) is 32.8 Å². The van der Waals surface area contributed by atoms with Gasteiger partial charge in [-0.3, -0.25) is 0 Å². The standard InChI is InChI=1S/C56H47NOSi/c1-55(2)34-35-56(3,4)50-37-43(31-32-49(50)55)59(40-16-7-5-8-17-40,41-18-9-6-10-19-41)42-29-27-39(28-30-42)57-51-24-13-11-20-45(51)48-36-38(26-33-52(48)57)44-22-15-23-47-46-21-12-14-25-53(46)58-54(44)47/h5-33,36-37H,34-35H2,1-4H3. The Balaban J connectivity index is 1.10. The van der Waals surface area contributed by atoms with E-state index < -0.39 is 8.07 Å². The summed E-state index contributed by atoms with van der Waals surface area (Å²) in [6.45, 7) is 9.74. The number of rotatable bonds is 6. The number of benzene rings is 8. The number of nitrogens with zero attached hydrogens (tertiary/aromatic N) is 1. The molecule has 0 N–H and O–H groups in total. The maximum Gasteiger partial charge on any atom is 0.179 e. The SMILES string of the molecule is CC1(C)CCC(C)(C)c2cc([Si](c3ccccc3)(c3ccccc3)c3ccc(-n4c5ccccc5c5cc(-c6cccc7c6oc6ccccc67)ccc54)cc3)ccc21. The zero-order valence-electron chi connectivity index (χ0n) is 34.2. The number of hydrogen-bond donors (Lipinski definition) is 0. The predicted octanol–water partition coefficient (Wildman–Crippen LogP) is 12.1. The zero-order valence-corrected chi connectivity index (χ0v) is 35.2. The van der Waals surface area contributed by atoms with Gasteiger partial charge in [-0.2, -0.15) is 0 Å². The molecule has 2 heterocycles. The molecule has 0 atom stereocenters. The highest BCUT2D eigenvalue weighted by molar-refractivity contribution is 7.19. The van der Waals surface area contributed by atoms with E-state index in [4.69, 9.17) is 4.42 Å². The molecule has 0 spiro atoms. The van der Waals surface area contributed by atoms with Crippen molar-refractivity contribution in [1.29, 1.82) is 0 Å². The van der Waals surface area contributed by atoms with E-state index >= 15 is 0 Å². The van der Waals surface area contributed by atoms with E-state index in [9.17, 15) is 0 Å². The minimum Gasteiger partial charge on any atom is -0.455 e. The third kappa shape index (κ3) is 5.45. The maximum absolute atomic E-state index is 6.49. The summed E-state index contributed by atoms with van der Waals surface area (Å²) >= 11 is 0. The molecule has 1 aliphatic rings. The normalized spacial score (nSPS) is 14.9. The quantitative estimate of drug-likeness (QED) is 0.121. The number of para-hydroxylation sites is 3. The third-order valence-electron chi connectivity index (χ3n) is 13.6. The zero-order chi connectivity index (χ0) is 39.9. The van der Waals surface area contributed by atoms with Crippen LogP contribution in [-0.4, -0.2) is 12.6 Å². The lowest BCUT2D eigenvalue weighted by atomic mass is 9.63. The summed E-state index contributed by atoms with van der Waals surface area (Å²) in [5.74, 6) is 0. The van der Waals surface area contributed by atoms with Crippen LogP contribution in [0, 0.1) is 0 Å². The van der Waals surface area contributed by atoms with Gasteiger partial charge in [0.25, 0.3) is 0 Å². The van der Waals surface area contributed by atoms with Crippen LogP contribution in [0.25, 0.3) is 60.6 Å². The van der Waals surface area contributed by atoms with Gasteiger partial charge in [0.2, 0.25) is 0 Å². The first-order chi connectivity index (χ1) is 28.7. The van der Waals surface area contributed by atoms with E-state index in [0.717, 1.165) is 38.8 Å². The highest BCUT2D eigenvalue weighted by atomic mass is 28.3. The molecule has 10 aromatic rings. The van der Waals surface area contributed by atoms with Crippen LogP contribution < -0.4 is 20.7 Å². The Bertz CT molecular complexity index is 3160. The summed E-state index contributed by atoms with van der Waals surface area (Å²) < 4.78 is 8.93. The Kier molecular flexibility index (Phi) is 8.06. The summed E-state index contributed by atoms with van der Waals surface area (Å²) in [5, 5.41) is 10.4. The molecule has 0 amide bonds. The van der Waals surface area contributed by atoms with Crippen LogP contribution in [0.5, 0.6) is 0 Å². The number of hydrogen-bond acceptors (Lipinski definition) is 1. The first-order valence-corrected chi connectivity index (χ1v) is 23.1. The van der Waals surface area contributed by atoms with Crippen LogP contribution in [0.2, 0.25) is 0 Å². The number of furan rings is 1. The third-order valence-corrected chi connectivity index (χ3v) is 18.4. The molecule has 0 radical (unpaired) electrons. The van der Waals surface area contributed by atoms with Crippen LogP contribution in [0.1, 0.15) is 51.7 Å². The molecule has 2 aromatic heterocycles. The van der Waals surface area contributed by atoms with Gasteiger partial charge in [0.1, 0.15) is 11.2 Å².